The van der Waals surface area contributed by atoms with Crippen LogP contribution in [0.2, 0.25) is 0 Å². The highest BCUT2D eigenvalue weighted by Crippen LogP contribution is 2.15. The van der Waals surface area contributed by atoms with Gasteiger partial charge in [0.25, 0.3) is 0 Å². The van der Waals surface area contributed by atoms with E-state index in [1.165, 1.54) is 19.3 Å². The van der Waals surface area contributed by atoms with Crippen molar-refractivity contribution >= 4 is 5.97 Å². The molecule has 0 aromatic heterocycles. The van der Waals surface area contributed by atoms with Gasteiger partial charge in [0, 0.05) is 6.42 Å². The van der Waals surface area contributed by atoms with Gasteiger partial charge in [-0.1, -0.05) is 25.8 Å². The summed E-state index contributed by atoms with van der Waals surface area (Å²) in [5, 5.41) is 0. The quantitative estimate of drug-likeness (QED) is 0.383. The molecular weight excluding hydrogens is 176 g/mol. The lowest BCUT2D eigenvalue weighted by Gasteiger charge is -2.18. The molecule has 0 N–H and O–H groups in total. The van der Waals surface area contributed by atoms with E-state index in [1.54, 1.807) is 0 Å². The molecule has 1 fully saturated rings. The van der Waals surface area contributed by atoms with Crippen LogP contribution in [0.3, 0.4) is 0 Å². The van der Waals surface area contributed by atoms with Crippen molar-refractivity contribution in [3.8, 4) is 0 Å². The highest BCUT2D eigenvalue weighted by atomic mass is 16.5. The Labute approximate surface area is 86.3 Å². The van der Waals surface area contributed by atoms with Crippen LogP contribution in [0.25, 0.3) is 0 Å². The van der Waals surface area contributed by atoms with E-state index in [2.05, 4.69) is 13.0 Å². The largest absolute Gasteiger partial charge is 0.458 e. The Hall–Kier alpha value is -0.790. The second-order valence-electron chi connectivity index (χ2n) is 3.84. The van der Waals surface area contributed by atoms with Crippen LogP contribution in [0, 0.1) is 0 Å². The molecule has 14 heavy (non-hydrogen) atoms. The fraction of sp³-hybridized carbons (Fsp3) is 0.750. The Kier molecular flexibility index (Phi) is 5.35. The predicted molar refractivity (Wildman–Crippen MR) is 57.0 cm³/mol. The van der Waals surface area contributed by atoms with E-state index in [9.17, 15) is 4.79 Å². The van der Waals surface area contributed by atoms with Gasteiger partial charge in [0.2, 0.25) is 0 Å². The second kappa shape index (κ2) is 6.63. The Morgan fingerprint density at radius 2 is 2.36 bits per heavy atom. The van der Waals surface area contributed by atoms with E-state index in [0.29, 0.717) is 6.42 Å². The minimum absolute atomic E-state index is 0.0422. The van der Waals surface area contributed by atoms with Gasteiger partial charge in [-0.05, 0) is 31.8 Å². The molecule has 0 bridgehead atoms. The normalized spacial score (nSPS) is 22.6. The average molecular weight is 196 g/mol. The van der Waals surface area contributed by atoms with Gasteiger partial charge < -0.3 is 4.74 Å². The first-order chi connectivity index (χ1) is 6.83. The van der Waals surface area contributed by atoms with E-state index in [-0.39, 0.29) is 12.1 Å². The standard InChI is InChI=1S/C12H20O2/c1-2-3-4-5-6-8-11-9-7-10-12(13)14-11/h6,8,11H,2-5,7,9-10H2,1H3/b8-6+/t11-/m0/s1. The molecule has 2 nitrogen and oxygen atoms in total. The van der Waals surface area contributed by atoms with Crippen LogP contribution in [0.15, 0.2) is 12.2 Å². The first-order valence-electron chi connectivity index (χ1n) is 5.69. The summed E-state index contributed by atoms with van der Waals surface area (Å²) in [5.41, 5.74) is 0. The molecule has 0 spiro atoms. The van der Waals surface area contributed by atoms with Crippen molar-refractivity contribution in [3.63, 3.8) is 0 Å². The molecule has 0 radical (unpaired) electrons. The van der Waals surface area contributed by atoms with Crippen LogP contribution < -0.4 is 0 Å². The molecule has 1 saturated heterocycles. The zero-order valence-corrected chi connectivity index (χ0v) is 9.00. The van der Waals surface area contributed by atoms with Gasteiger partial charge in [-0.15, -0.1) is 0 Å². The first kappa shape index (κ1) is 11.3. The number of allylic oxidation sites excluding steroid dienone is 1. The third-order valence-electron chi connectivity index (χ3n) is 2.48. The molecule has 2 heteroatoms. The van der Waals surface area contributed by atoms with Crippen molar-refractivity contribution in [2.75, 3.05) is 0 Å². The van der Waals surface area contributed by atoms with E-state index < -0.39 is 0 Å². The molecule has 0 unspecified atom stereocenters. The Morgan fingerprint density at radius 1 is 1.50 bits per heavy atom. The van der Waals surface area contributed by atoms with E-state index >= 15 is 0 Å². The molecule has 0 aromatic rings. The fourth-order valence-electron chi connectivity index (χ4n) is 1.63. The molecule has 80 valence electrons. The minimum Gasteiger partial charge on any atom is -0.458 e. The topological polar surface area (TPSA) is 26.3 Å². The number of rotatable bonds is 5. The van der Waals surface area contributed by atoms with Crippen LogP contribution in [-0.4, -0.2) is 12.1 Å². The molecule has 0 aliphatic carbocycles. The Bertz CT molecular complexity index is 196. The first-order valence-corrected chi connectivity index (χ1v) is 5.69. The maximum atomic E-state index is 11.0. The summed E-state index contributed by atoms with van der Waals surface area (Å²) in [4.78, 5) is 11.0. The van der Waals surface area contributed by atoms with Crippen molar-refractivity contribution in [3.05, 3.63) is 12.2 Å². The molecular formula is C12H20O2. The average Bonchev–Trinajstić information content (AvgIpc) is 2.18. The molecule has 1 heterocycles. The minimum atomic E-state index is -0.0422. The molecule has 0 amide bonds. The van der Waals surface area contributed by atoms with Crippen molar-refractivity contribution < 1.29 is 9.53 Å². The summed E-state index contributed by atoms with van der Waals surface area (Å²) >= 11 is 0. The van der Waals surface area contributed by atoms with Crippen LogP contribution in [-0.2, 0) is 9.53 Å². The van der Waals surface area contributed by atoms with Crippen molar-refractivity contribution in [2.45, 2.75) is 58.0 Å². The van der Waals surface area contributed by atoms with Gasteiger partial charge in [0.15, 0.2) is 0 Å². The van der Waals surface area contributed by atoms with Gasteiger partial charge in [0.05, 0.1) is 0 Å². The summed E-state index contributed by atoms with van der Waals surface area (Å²) in [5.74, 6) is -0.0422. The molecule has 0 aromatic carbocycles. The van der Waals surface area contributed by atoms with Gasteiger partial charge in [0.1, 0.15) is 6.10 Å². The maximum Gasteiger partial charge on any atom is 0.306 e. The van der Waals surface area contributed by atoms with Gasteiger partial charge in [-0.3, -0.25) is 4.79 Å². The Morgan fingerprint density at radius 3 is 3.07 bits per heavy atom. The molecule has 1 aliphatic heterocycles. The number of carbonyl (C=O) groups is 1. The maximum absolute atomic E-state index is 11.0. The predicted octanol–water partition coefficient (Wildman–Crippen LogP) is 3.22. The molecule has 1 atom stereocenters. The van der Waals surface area contributed by atoms with Crippen LogP contribution in [0.1, 0.15) is 51.9 Å². The summed E-state index contributed by atoms with van der Waals surface area (Å²) in [6.07, 6.45) is 11.7. The second-order valence-corrected chi connectivity index (χ2v) is 3.84. The smallest absolute Gasteiger partial charge is 0.306 e. The number of cyclic esters (lactones) is 1. The number of carbonyl (C=O) groups excluding carboxylic acids is 1. The molecule has 1 aliphatic rings. The highest BCUT2D eigenvalue weighted by Gasteiger charge is 2.16. The zero-order valence-electron chi connectivity index (χ0n) is 9.00. The fourth-order valence-corrected chi connectivity index (χ4v) is 1.63. The number of hydrogen-bond donors (Lipinski definition) is 0. The third kappa shape index (κ3) is 4.45. The van der Waals surface area contributed by atoms with E-state index in [4.69, 9.17) is 4.74 Å². The summed E-state index contributed by atoms with van der Waals surface area (Å²) in [6.45, 7) is 2.20. The Balaban J connectivity index is 2.12. The van der Waals surface area contributed by atoms with Gasteiger partial charge >= 0.3 is 5.97 Å². The number of hydrogen-bond acceptors (Lipinski definition) is 2. The molecule has 1 rings (SSSR count). The number of unbranched alkanes of at least 4 members (excludes halogenated alkanes) is 3. The SMILES string of the molecule is CCCCC/C=C/[C@H]1CCCC(=O)O1. The lowest BCUT2D eigenvalue weighted by atomic mass is 10.1. The van der Waals surface area contributed by atoms with Gasteiger partial charge in [-0.2, -0.15) is 0 Å². The molecule has 0 saturated carbocycles. The van der Waals surface area contributed by atoms with Crippen molar-refractivity contribution in [2.24, 2.45) is 0 Å². The zero-order chi connectivity index (χ0) is 10.2. The van der Waals surface area contributed by atoms with Crippen LogP contribution >= 0.6 is 0 Å². The summed E-state index contributed by atoms with van der Waals surface area (Å²) in [6, 6.07) is 0. The number of ether oxygens (including phenoxy) is 1. The van der Waals surface area contributed by atoms with E-state index in [0.717, 1.165) is 19.3 Å². The van der Waals surface area contributed by atoms with Crippen LogP contribution in [0.5, 0.6) is 0 Å². The van der Waals surface area contributed by atoms with E-state index in [1.807, 2.05) is 6.08 Å². The third-order valence-corrected chi connectivity index (χ3v) is 2.48. The highest BCUT2D eigenvalue weighted by molar-refractivity contribution is 5.70. The lowest BCUT2D eigenvalue weighted by molar-refractivity contribution is -0.150. The summed E-state index contributed by atoms with van der Waals surface area (Å²) < 4.78 is 5.17. The summed E-state index contributed by atoms with van der Waals surface area (Å²) in [7, 11) is 0. The van der Waals surface area contributed by atoms with Crippen molar-refractivity contribution in [1.29, 1.82) is 0 Å². The monoisotopic (exact) mass is 196 g/mol. The van der Waals surface area contributed by atoms with Gasteiger partial charge in [-0.25, -0.2) is 0 Å². The van der Waals surface area contributed by atoms with Crippen LogP contribution in [0.4, 0.5) is 0 Å². The van der Waals surface area contributed by atoms with Crippen molar-refractivity contribution in [1.82, 2.24) is 0 Å². The number of esters is 1. The lowest BCUT2D eigenvalue weighted by Crippen LogP contribution is -2.21.